The van der Waals surface area contributed by atoms with Gasteiger partial charge in [0.25, 0.3) is 0 Å². The van der Waals surface area contributed by atoms with Crippen molar-refractivity contribution in [2.24, 2.45) is 0 Å². The number of hydrogen-bond donors (Lipinski definition) is 2. The van der Waals surface area contributed by atoms with Crippen LogP contribution >= 0.6 is 0 Å². The summed E-state index contributed by atoms with van der Waals surface area (Å²) in [6.07, 6.45) is 8.89. The SMILES string of the molecule is Cc1c[nH]c(CN2CCCC23CCCN(C2CCC(O)CC2)C3=O)c(C)c1=O. The number of aryl methyl sites for hydroxylation is 1. The molecule has 0 radical (unpaired) electrons. The van der Waals surface area contributed by atoms with Crippen LogP contribution in [0.2, 0.25) is 0 Å². The first-order chi connectivity index (χ1) is 13.4. The average Bonchev–Trinajstić information content (AvgIpc) is 3.08. The molecule has 3 fully saturated rings. The van der Waals surface area contributed by atoms with Gasteiger partial charge in [0, 0.05) is 42.1 Å². The highest BCUT2D eigenvalue weighted by Crippen LogP contribution is 2.41. The van der Waals surface area contributed by atoms with Crippen LogP contribution in [0, 0.1) is 13.8 Å². The largest absolute Gasteiger partial charge is 0.393 e. The summed E-state index contributed by atoms with van der Waals surface area (Å²) in [6.45, 7) is 6.08. The van der Waals surface area contributed by atoms with E-state index in [2.05, 4.69) is 14.8 Å². The van der Waals surface area contributed by atoms with E-state index in [9.17, 15) is 14.7 Å². The molecule has 0 bridgehead atoms. The van der Waals surface area contributed by atoms with Gasteiger partial charge in [0.15, 0.2) is 5.43 Å². The molecule has 1 aliphatic carbocycles. The van der Waals surface area contributed by atoms with Crippen molar-refractivity contribution < 1.29 is 9.90 Å². The summed E-state index contributed by atoms with van der Waals surface area (Å²) < 4.78 is 0. The van der Waals surface area contributed by atoms with Crippen molar-refractivity contribution >= 4 is 5.91 Å². The standard InChI is InChI=1S/C22H33N3O3/c1-15-13-23-19(16(2)20(15)27)14-24-11-3-9-22(24)10-4-12-25(21(22)28)17-5-7-18(26)8-6-17/h13,17-18,26H,3-12,14H2,1-2H3,(H,23,27). The molecular formula is C22H33N3O3. The lowest BCUT2D eigenvalue weighted by Crippen LogP contribution is -2.62. The number of pyridine rings is 1. The summed E-state index contributed by atoms with van der Waals surface area (Å²) in [5.74, 6) is 0.282. The molecule has 2 aliphatic heterocycles. The van der Waals surface area contributed by atoms with Crippen LogP contribution in [0.5, 0.6) is 0 Å². The van der Waals surface area contributed by atoms with Gasteiger partial charge in [-0.25, -0.2) is 0 Å². The number of H-pyrrole nitrogens is 1. The molecule has 154 valence electrons. The van der Waals surface area contributed by atoms with E-state index in [1.807, 2.05) is 13.8 Å². The summed E-state index contributed by atoms with van der Waals surface area (Å²) in [5, 5.41) is 9.83. The molecular weight excluding hydrogens is 354 g/mol. The normalized spacial score (nSPS) is 31.7. The minimum Gasteiger partial charge on any atom is -0.393 e. The zero-order chi connectivity index (χ0) is 19.9. The van der Waals surface area contributed by atoms with Gasteiger partial charge in [-0.1, -0.05) is 0 Å². The van der Waals surface area contributed by atoms with Crippen LogP contribution in [0.25, 0.3) is 0 Å². The zero-order valence-corrected chi connectivity index (χ0v) is 17.2. The minimum atomic E-state index is -0.414. The van der Waals surface area contributed by atoms with Gasteiger partial charge in [-0.15, -0.1) is 0 Å². The molecule has 1 aromatic rings. The molecule has 6 nitrogen and oxygen atoms in total. The van der Waals surface area contributed by atoms with Gasteiger partial charge in [-0.3, -0.25) is 14.5 Å². The number of piperidine rings is 1. The third kappa shape index (κ3) is 3.30. The lowest BCUT2D eigenvalue weighted by molar-refractivity contribution is -0.152. The van der Waals surface area contributed by atoms with Crippen LogP contribution in [-0.4, -0.2) is 56.6 Å². The Kier molecular flexibility index (Phi) is 5.36. The summed E-state index contributed by atoms with van der Waals surface area (Å²) in [6, 6.07) is 0.274. The number of likely N-dealkylation sites (tertiary alicyclic amines) is 2. The first-order valence-electron chi connectivity index (χ1n) is 10.8. The Morgan fingerprint density at radius 3 is 2.50 bits per heavy atom. The minimum absolute atomic E-state index is 0.0966. The van der Waals surface area contributed by atoms with E-state index < -0.39 is 5.54 Å². The number of rotatable bonds is 3. The molecule has 1 atom stereocenters. The molecule has 1 unspecified atom stereocenters. The van der Waals surface area contributed by atoms with Crippen LogP contribution in [0.3, 0.4) is 0 Å². The number of amides is 1. The second-order valence-electron chi connectivity index (χ2n) is 9.03. The Morgan fingerprint density at radius 1 is 1.11 bits per heavy atom. The monoisotopic (exact) mass is 387 g/mol. The molecule has 2 N–H and O–H groups in total. The molecule has 2 saturated heterocycles. The fraction of sp³-hybridized carbons (Fsp3) is 0.727. The van der Waals surface area contributed by atoms with Crippen molar-refractivity contribution in [3.63, 3.8) is 0 Å². The Balaban J connectivity index is 1.56. The maximum Gasteiger partial charge on any atom is 0.243 e. The van der Waals surface area contributed by atoms with Gasteiger partial charge in [0.05, 0.1) is 6.10 Å². The van der Waals surface area contributed by atoms with Crippen molar-refractivity contribution in [3.05, 3.63) is 33.2 Å². The van der Waals surface area contributed by atoms with E-state index in [-0.39, 0.29) is 23.5 Å². The first-order valence-corrected chi connectivity index (χ1v) is 10.8. The third-order valence-corrected chi connectivity index (χ3v) is 7.34. The fourth-order valence-electron chi connectivity index (χ4n) is 5.58. The van der Waals surface area contributed by atoms with E-state index in [1.165, 1.54) is 0 Å². The predicted octanol–water partition coefficient (Wildman–Crippen LogP) is 2.25. The summed E-state index contributed by atoms with van der Waals surface area (Å²) >= 11 is 0. The Labute approximate surface area is 166 Å². The lowest BCUT2D eigenvalue weighted by Gasteiger charge is -2.48. The van der Waals surface area contributed by atoms with Crippen LogP contribution < -0.4 is 5.43 Å². The predicted molar refractivity (Wildman–Crippen MR) is 108 cm³/mol. The molecule has 1 spiro atoms. The number of carbonyl (C=O) groups excluding carboxylic acids is 1. The first kappa shape index (κ1) is 19.6. The van der Waals surface area contributed by atoms with Crippen molar-refractivity contribution in [1.82, 2.24) is 14.8 Å². The van der Waals surface area contributed by atoms with Crippen molar-refractivity contribution in [2.75, 3.05) is 13.1 Å². The highest BCUT2D eigenvalue weighted by molar-refractivity contribution is 5.87. The van der Waals surface area contributed by atoms with Crippen molar-refractivity contribution in [2.45, 2.75) is 89.4 Å². The molecule has 0 aromatic carbocycles. The van der Waals surface area contributed by atoms with E-state index in [0.717, 1.165) is 81.3 Å². The number of carbonyl (C=O) groups is 1. The maximum atomic E-state index is 13.7. The highest BCUT2D eigenvalue weighted by Gasteiger charge is 2.52. The number of hydrogen-bond acceptors (Lipinski definition) is 4. The van der Waals surface area contributed by atoms with Gasteiger partial charge in [0.1, 0.15) is 5.54 Å². The Bertz CT molecular complexity index is 797. The lowest BCUT2D eigenvalue weighted by atomic mass is 9.82. The van der Waals surface area contributed by atoms with E-state index in [0.29, 0.717) is 6.54 Å². The zero-order valence-electron chi connectivity index (χ0n) is 17.2. The topological polar surface area (TPSA) is 76.6 Å². The summed E-state index contributed by atoms with van der Waals surface area (Å²) in [7, 11) is 0. The van der Waals surface area contributed by atoms with Crippen LogP contribution in [-0.2, 0) is 11.3 Å². The van der Waals surface area contributed by atoms with Gasteiger partial charge >= 0.3 is 0 Å². The number of aliphatic hydroxyl groups is 1. The molecule has 6 heteroatoms. The van der Waals surface area contributed by atoms with Crippen molar-refractivity contribution in [1.29, 1.82) is 0 Å². The molecule has 1 amide bonds. The molecule has 28 heavy (non-hydrogen) atoms. The smallest absolute Gasteiger partial charge is 0.243 e. The summed E-state index contributed by atoms with van der Waals surface area (Å²) in [5.41, 5.74) is 2.12. The molecule has 3 aliphatic rings. The Hall–Kier alpha value is -1.66. The molecule has 1 saturated carbocycles. The molecule has 4 rings (SSSR count). The fourth-order valence-corrected chi connectivity index (χ4v) is 5.58. The van der Waals surface area contributed by atoms with E-state index >= 15 is 0 Å². The highest BCUT2D eigenvalue weighted by atomic mass is 16.3. The molecule has 1 aromatic heterocycles. The van der Waals surface area contributed by atoms with Gasteiger partial charge < -0.3 is 15.0 Å². The van der Waals surface area contributed by atoms with Crippen molar-refractivity contribution in [3.8, 4) is 0 Å². The number of nitrogens with one attached hydrogen (secondary N) is 1. The number of nitrogens with zero attached hydrogens (tertiary/aromatic N) is 2. The second kappa shape index (κ2) is 7.64. The van der Waals surface area contributed by atoms with Gasteiger partial charge in [-0.05, 0) is 71.8 Å². The molecule has 3 heterocycles. The summed E-state index contributed by atoms with van der Waals surface area (Å²) in [4.78, 5) is 33.8. The van der Waals surface area contributed by atoms with E-state index in [1.54, 1.807) is 6.20 Å². The van der Waals surface area contributed by atoms with E-state index in [4.69, 9.17) is 0 Å². The van der Waals surface area contributed by atoms with Gasteiger partial charge in [0.2, 0.25) is 5.91 Å². The Morgan fingerprint density at radius 2 is 1.79 bits per heavy atom. The van der Waals surface area contributed by atoms with Crippen LogP contribution in [0.1, 0.15) is 68.2 Å². The third-order valence-electron chi connectivity index (χ3n) is 7.34. The number of aliphatic hydroxyl groups excluding tert-OH is 1. The number of aromatic nitrogens is 1. The maximum absolute atomic E-state index is 13.7. The van der Waals surface area contributed by atoms with Gasteiger partial charge in [-0.2, -0.15) is 0 Å². The second-order valence-corrected chi connectivity index (χ2v) is 9.03. The number of aromatic amines is 1. The van der Waals surface area contributed by atoms with Crippen LogP contribution in [0.15, 0.2) is 11.0 Å². The average molecular weight is 388 g/mol. The quantitative estimate of drug-likeness (QED) is 0.834. The van der Waals surface area contributed by atoms with Crippen LogP contribution in [0.4, 0.5) is 0 Å².